The quantitative estimate of drug-likeness (QED) is 0.111. The molecule has 1 amide bonds. The zero-order valence-corrected chi connectivity index (χ0v) is 35.5. The van der Waals surface area contributed by atoms with E-state index in [1.165, 1.54) is 23.4 Å². The molecule has 57 heavy (non-hydrogen) atoms. The van der Waals surface area contributed by atoms with Gasteiger partial charge in [-0.15, -0.1) is 0 Å². The first-order valence-electron chi connectivity index (χ1n) is 16.9. The van der Waals surface area contributed by atoms with Crippen LogP contribution in [-0.2, 0) is 38.5 Å². The van der Waals surface area contributed by atoms with Crippen molar-refractivity contribution >= 4 is 49.3 Å². The summed E-state index contributed by atoms with van der Waals surface area (Å²) >= 11 is 10.3. The van der Waals surface area contributed by atoms with Gasteiger partial charge in [0.1, 0.15) is 26.8 Å². The van der Waals surface area contributed by atoms with Gasteiger partial charge in [0.15, 0.2) is 0 Å². The number of sulfone groups is 2. The molecule has 0 aliphatic carbocycles. The fourth-order valence-corrected chi connectivity index (χ4v) is 9.67. The van der Waals surface area contributed by atoms with E-state index in [1.807, 2.05) is 0 Å². The van der Waals surface area contributed by atoms with Gasteiger partial charge in [0.25, 0.3) is 12.9 Å². The zero-order valence-electron chi connectivity index (χ0n) is 32.4. The Labute approximate surface area is 337 Å². The number of carbonyl (C=O) groups is 1. The number of nitrogens with one attached hydrogen (secondary N) is 1. The highest BCUT2D eigenvalue weighted by Crippen LogP contribution is 2.43. The standard InChI is InChI=1S/C17H26F3N3O4S.C12H17ClF3N3O2S.CH4O.ClHN4/c1-16(2,3)27-15(24)23-8-6-11(7-9-23)17(4,20)28(25,26)12-10-22(5)21-13(12)14(18)19;1-12(16,8-3-5-19(13)6-4-8)22(20,21)9-7-18(2)17-10(9)11(14)15;1-2;1-3-5-4-2/h10-11,14H,6-9H2,1-5H3;7-8,11H,3-6H2,1-2H3;2H,1H3;2H/t17-;12-;;/m11../s1. The average Bonchev–Trinajstić information content (AvgIpc) is 3.73. The highest BCUT2D eigenvalue weighted by atomic mass is 35.5. The first-order chi connectivity index (χ1) is 26.1. The largest absolute Gasteiger partial charge is 0.444 e. The number of likely N-dealkylation sites (tertiary alicyclic amines) is 1. The second kappa shape index (κ2) is 21.2. The van der Waals surface area contributed by atoms with Crippen molar-refractivity contribution in [2.45, 2.75) is 98.5 Å². The molecule has 2 aliphatic heterocycles. The third-order valence-electron chi connectivity index (χ3n) is 8.81. The number of hydrogen-bond acceptors (Lipinski definition) is 12. The monoisotopic (exact) mass is 908 g/mol. The third kappa shape index (κ3) is 13.2. The van der Waals surface area contributed by atoms with Crippen LogP contribution in [-0.4, -0.2) is 106 Å². The van der Waals surface area contributed by atoms with E-state index in [1.54, 1.807) is 20.8 Å². The van der Waals surface area contributed by atoms with E-state index in [2.05, 4.69) is 37.1 Å². The molecule has 2 aliphatic rings. The number of aryl methyl sites for hydroxylation is 2. The number of aromatic nitrogens is 4. The maximum atomic E-state index is 15.5. The number of hydrogen-bond donors (Lipinski definition) is 2. The Bertz CT molecular complexity index is 1860. The van der Waals surface area contributed by atoms with Gasteiger partial charge in [-0.3, -0.25) is 9.36 Å². The second-order valence-corrected chi connectivity index (χ2v) is 19.0. The maximum absolute atomic E-state index is 15.5. The number of amides is 1. The predicted molar refractivity (Wildman–Crippen MR) is 194 cm³/mol. The fourth-order valence-electron chi connectivity index (χ4n) is 5.84. The Kier molecular flexibility index (Phi) is 19.3. The molecule has 4 heterocycles. The zero-order chi connectivity index (χ0) is 44.3. The van der Waals surface area contributed by atoms with Crippen LogP contribution in [0.3, 0.4) is 0 Å². The van der Waals surface area contributed by atoms with E-state index in [9.17, 15) is 39.2 Å². The average molecular weight is 910 g/mol. The number of nitrogens with zero attached hydrogens (tertiary/aromatic N) is 9. The van der Waals surface area contributed by atoms with E-state index >= 15 is 8.78 Å². The minimum atomic E-state index is -4.72. The van der Waals surface area contributed by atoms with Gasteiger partial charge in [-0.05, 0) is 82.5 Å². The van der Waals surface area contributed by atoms with Gasteiger partial charge in [0.2, 0.25) is 29.7 Å². The molecule has 2 aromatic rings. The molecule has 0 bridgehead atoms. The Morgan fingerprint density at radius 1 is 0.825 bits per heavy atom. The summed E-state index contributed by atoms with van der Waals surface area (Å²) in [7, 11) is -5.72. The summed E-state index contributed by atoms with van der Waals surface area (Å²) in [6.07, 6.45) is -4.37. The first kappa shape index (κ1) is 51.9. The van der Waals surface area contributed by atoms with E-state index in [0.29, 0.717) is 13.1 Å². The normalized spacial score (nSPS) is 18.4. The number of ether oxygens (including phenoxy) is 1. The number of rotatable bonds is 9. The van der Waals surface area contributed by atoms with Crippen LogP contribution in [0.5, 0.6) is 0 Å². The summed E-state index contributed by atoms with van der Waals surface area (Å²) < 4.78 is 145. The number of halogens is 8. The number of aliphatic hydroxyl groups is 1. The highest BCUT2D eigenvalue weighted by Gasteiger charge is 2.52. The van der Waals surface area contributed by atoms with Crippen LogP contribution in [0.15, 0.2) is 37.3 Å². The Hall–Kier alpha value is -3.13. The van der Waals surface area contributed by atoms with Crippen molar-refractivity contribution in [3.8, 4) is 0 Å². The maximum Gasteiger partial charge on any atom is 0.410 e. The number of carbonyl (C=O) groups excluding carboxylic acids is 1. The van der Waals surface area contributed by atoms with E-state index in [-0.39, 0.29) is 38.8 Å². The van der Waals surface area contributed by atoms with Crippen molar-refractivity contribution in [1.82, 2.24) is 28.9 Å². The first-order valence-corrected chi connectivity index (χ1v) is 20.5. The van der Waals surface area contributed by atoms with Gasteiger partial charge >= 0.3 is 6.09 Å². The molecule has 2 fully saturated rings. The Morgan fingerprint density at radius 2 is 1.18 bits per heavy atom. The lowest BCUT2D eigenvalue weighted by Gasteiger charge is -2.37. The van der Waals surface area contributed by atoms with Gasteiger partial charge in [-0.2, -0.15) is 15.7 Å². The SMILES string of the molecule is CO.Cn1cc(S(=O)(=O)[C@@](C)(F)C2CCN(C(=O)OC(C)(C)C)CC2)c(C(F)F)n1.Cn1cc(S(=O)(=O)[C@@](C)(F)C2CCN(Cl)CC2)c(C(F)F)n1.N=NN=NCl. The minimum Gasteiger partial charge on any atom is -0.444 e. The molecule has 17 nitrogen and oxygen atoms in total. The molecule has 2 N–H and O–H groups in total. The number of alkyl halides is 6. The molecule has 2 saturated heterocycles. The van der Waals surface area contributed by atoms with Gasteiger partial charge in [0.05, 0.1) is 11.8 Å². The summed E-state index contributed by atoms with van der Waals surface area (Å²) in [4.78, 5) is 11.9. The summed E-state index contributed by atoms with van der Waals surface area (Å²) in [6, 6.07) is 0. The van der Waals surface area contributed by atoms with Crippen molar-refractivity contribution in [3.05, 3.63) is 23.8 Å². The lowest BCUT2D eigenvalue weighted by molar-refractivity contribution is 0.0130. The molecule has 0 saturated carbocycles. The molecule has 27 heteroatoms. The minimum absolute atomic E-state index is 0.0652. The van der Waals surface area contributed by atoms with E-state index < -0.39 is 87.2 Å². The summed E-state index contributed by atoms with van der Waals surface area (Å²) in [5.74, 6) is -1.76. The van der Waals surface area contributed by atoms with Crippen molar-refractivity contribution in [1.29, 1.82) is 5.53 Å². The Balaban J connectivity index is 0.000000499. The molecule has 0 aromatic carbocycles. The highest BCUT2D eigenvalue weighted by molar-refractivity contribution is 7.93. The number of piperidine rings is 2. The van der Waals surface area contributed by atoms with Crippen LogP contribution in [0.4, 0.5) is 31.1 Å². The smallest absolute Gasteiger partial charge is 0.410 e. The summed E-state index contributed by atoms with van der Waals surface area (Å²) in [5.41, 5.74) is 3.32. The molecule has 0 spiro atoms. The molecular formula is C30H48Cl2F6N10O7S2. The lowest BCUT2D eigenvalue weighted by Crippen LogP contribution is -2.48. The second-order valence-electron chi connectivity index (χ2n) is 13.9. The van der Waals surface area contributed by atoms with Gasteiger partial charge in [-0.1, -0.05) is 4.63 Å². The predicted octanol–water partition coefficient (Wildman–Crippen LogP) is 7.29. The van der Waals surface area contributed by atoms with Crippen molar-refractivity contribution in [2.75, 3.05) is 33.3 Å². The summed E-state index contributed by atoms with van der Waals surface area (Å²) in [5, 5.41) is 13.5. The lowest BCUT2D eigenvalue weighted by atomic mass is 9.92. The molecule has 328 valence electrons. The van der Waals surface area contributed by atoms with Crippen LogP contribution in [0.25, 0.3) is 0 Å². The van der Waals surface area contributed by atoms with Gasteiger partial charge in [0, 0.05) is 71.6 Å². The van der Waals surface area contributed by atoms with Crippen LogP contribution in [0.2, 0.25) is 0 Å². The Morgan fingerprint density at radius 3 is 1.46 bits per heavy atom. The van der Waals surface area contributed by atoms with Crippen LogP contribution >= 0.6 is 23.6 Å². The van der Waals surface area contributed by atoms with Crippen molar-refractivity contribution < 1.29 is 57.8 Å². The molecule has 0 radical (unpaired) electrons. The molecule has 4 rings (SSSR count). The van der Waals surface area contributed by atoms with Crippen LogP contribution < -0.4 is 0 Å². The van der Waals surface area contributed by atoms with Gasteiger partial charge in [-0.25, -0.2) is 52.4 Å². The molecular weight excluding hydrogens is 861 g/mol. The van der Waals surface area contributed by atoms with Crippen LogP contribution in [0.1, 0.15) is 84.5 Å². The molecule has 2 atom stereocenters. The topological polar surface area (TPSA) is 218 Å². The molecule has 2 aromatic heterocycles. The molecule has 0 unspecified atom stereocenters. The summed E-state index contributed by atoms with van der Waals surface area (Å²) in [6.45, 7) is 7.89. The van der Waals surface area contributed by atoms with Gasteiger partial charge < -0.3 is 14.7 Å². The van der Waals surface area contributed by atoms with E-state index in [0.717, 1.165) is 42.7 Å². The fraction of sp³-hybridized carbons (Fsp3) is 0.767. The van der Waals surface area contributed by atoms with Crippen molar-refractivity contribution in [3.63, 3.8) is 0 Å². The van der Waals surface area contributed by atoms with Crippen molar-refractivity contribution in [2.24, 2.45) is 41.0 Å². The van der Waals surface area contributed by atoms with E-state index in [4.69, 9.17) is 27.2 Å². The third-order valence-corrected chi connectivity index (χ3v) is 13.8. The number of aliphatic hydroxyl groups excluding tert-OH is 1. The van der Waals surface area contributed by atoms with Crippen LogP contribution in [0, 0.1) is 17.4 Å².